The Kier molecular flexibility index (Phi) is 5.73. The van der Waals surface area contributed by atoms with Gasteiger partial charge in [0.05, 0.1) is 0 Å². The van der Waals surface area contributed by atoms with Crippen molar-refractivity contribution in [3.63, 3.8) is 0 Å². The second kappa shape index (κ2) is 9.47. The SMILES string of the molecule is c1ccc(Cc2c(-c3ccc4cnccc4c3)noc2NCCCc2c[nH]c3ccccc23)cc1. The molecular formula is C30H26N4O. The van der Waals surface area contributed by atoms with Crippen LogP contribution < -0.4 is 5.32 Å². The van der Waals surface area contributed by atoms with Crippen molar-refractivity contribution in [2.24, 2.45) is 0 Å². The number of aromatic nitrogens is 3. The molecule has 0 saturated heterocycles. The molecule has 3 aromatic carbocycles. The van der Waals surface area contributed by atoms with E-state index < -0.39 is 0 Å². The van der Waals surface area contributed by atoms with Crippen molar-refractivity contribution in [3.05, 3.63) is 114 Å². The smallest absolute Gasteiger partial charge is 0.228 e. The Hall–Kier alpha value is -4.38. The molecule has 3 aromatic heterocycles. The Bertz CT molecular complexity index is 1580. The fourth-order valence-corrected chi connectivity index (χ4v) is 4.69. The van der Waals surface area contributed by atoms with E-state index in [2.05, 4.69) is 93.4 Å². The number of para-hydroxylation sites is 1. The lowest BCUT2D eigenvalue weighted by Crippen LogP contribution is -2.04. The molecule has 35 heavy (non-hydrogen) atoms. The molecule has 5 nitrogen and oxygen atoms in total. The lowest BCUT2D eigenvalue weighted by Gasteiger charge is -2.08. The summed E-state index contributed by atoms with van der Waals surface area (Å²) in [5, 5.41) is 11.6. The molecule has 0 amide bonds. The van der Waals surface area contributed by atoms with Gasteiger partial charge in [-0.15, -0.1) is 0 Å². The van der Waals surface area contributed by atoms with Crippen molar-refractivity contribution >= 4 is 27.6 Å². The number of pyridine rings is 1. The number of H-pyrrole nitrogens is 1. The van der Waals surface area contributed by atoms with Gasteiger partial charge in [-0.25, -0.2) is 0 Å². The van der Waals surface area contributed by atoms with E-state index in [0.717, 1.165) is 59.3 Å². The molecule has 0 radical (unpaired) electrons. The zero-order valence-corrected chi connectivity index (χ0v) is 19.4. The first-order chi connectivity index (χ1) is 17.3. The normalized spacial score (nSPS) is 11.3. The van der Waals surface area contributed by atoms with Gasteiger partial charge in [-0.05, 0) is 47.6 Å². The predicted molar refractivity (Wildman–Crippen MR) is 142 cm³/mol. The molecule has 0 spiro atoms. The summed E-state index contributed by atoms with van der Waals surface area (Å²) in [4.78, 5) is 7.59. The van der Waals surface area contributed by atoms with Crippen molar-refractivity contribution in [1.29, 1.82) is 0 Å². The number of hydrogen-bond acceptors (Lipinski definition) is 4. The Morgan fingerprint density at radius 2 is 1.77 bits per heavy atom. The zero-order valence-electron chi connectivity index (χ0n) is 19.4. The largest absolute Gasteiger partial charge is 0.361 e. The quantitative estimate of drug-likeness (QED) is 0.241. The van der Waals surface area contributed by atoms with Crippen molar-refractivity contribution in [1.82, 2.24) is 15.1 Å². The number of hydrogen-bond donors (Lipinski definition) is 2. The Balaban J connectivity index is 1.24. The summed E-state index contributed by atoms with van der Waals surface area (Å²) in [6.07, 6.45) is 8.55. The van der Waals surface area contributed by atoms with Gasteiger partial charge in [-0.1, -0.05) is 65.8 Å². The molecule has 0 aliphatic heterocycles. The molecule has 6 rings (SSSR count). The number of aromatic amines is 1. The van der Waals surface area contributed by atoms with Crippen LogP contribution in [-0.2, 0) is 12.8 Å². The maximum absolute atomic E-state index is 5.86. The Morgan fingerprint density at radius 3 is 2.71 bits per heavy atom. The highest BCUT2D eigenvalue weighted by Crippen LogP contribution is 2.32. The molecule has 0 saturated carbocycles. The summed E-state index contributed by atoms with van der Waals surface area (Å²) >= 11 is 0. The van der Waals surface area contributed by atoms with Crippen LogP contribution in [0.15, 0.2) is 102 Å². The van der Waals surface area contributed by atoms with Gasteiger partial charge in [0.2, 0.25) is 5.88 Å². The first-order valence-electron chi connectivity index (χ1n) is 12.0. The topological polar surface area (TPSA) is 66.7 Å². The van der Waals surface area contributed by atoms with E-state index in [0.29, 0.717) is 0 Å². The summed E-state index contributed by atoms with van der Waals surface area (Å²) < 4.78 is 5.86. The van der Waals surface area contributed by atoms with Crippen LogP contribution in [0.3, 0.4) is 0 Å². The molecule has 0 aliphatic carbocycles. The van der Waals surface area contributed by atoms with Crippen molar-refractivity contribution < 1.29 is 4.52 Å². The first kappa shape index (κ1) is 21.2. The number of nitrogens with zero attached hydrogens (tertiary/aromatic N) is 2. The molecule has 5 heteroatoms. The van der Waals surface area contributed by atoms with E-state index in [1.165, 1.54) is 22.0 Å². The van der Waals surface area contributed by atoms with Crippen LogP contribution in [-0.4, -0.2) is 21.7 Å². The van der Waals surface area contributed by atoms with Crippen LogP contribution >= 0.6 is 0 Å². The van der Waals surface area contributed by atoms with Gasteiger partial charge < -0.3 is 14.8 Å². The summed E-state index contributed by atoms with van der Waals surface area (Å²) in [5.74, 6) is 0.748. The van der Waals surface area contributed by atoms with Gasteiger partial charge in [0, 0.05) is 59.0 Å². The Labute approximate surface area is 203 Å². The third-order valence-electron chi connectivity index (χ3n) is 6.51. The fourth-order valence-electron chi connectivity index (χ4n) is 4.69. The van der Waals surface area contributed by atoms with Crippen molar-refractivity contribution in [3.8, 4) is 11.3 Å². The number of anilines is 1. The number of benzene rings is 3. The van der Waals surface area contributed by atoms with Crippen LogP contribution in [0.2, 0.25) is 0 Å². The number of fused-ring (bicyclic) bond motifs is 2. The fraction of sp³-hybridized carbons (Fsp3) is 0.133. The van der Waals surface area contributed by atoms with Gasteiger partial charge in [-0.3, -0.25) is 4.98 Å². The highest BCUT2D eigenvalue weighted by atomic mass is 16.5. The van der Waals surface area contributed by atoms with E-state index in [-0.39, 0.29) is 0 Å². The summed E-state index contributed by atoms with van der Waals surface area (Å²) in [7, 11) is 0. The predicted octanol–water partition coefficient (Wildman–Crippen LogP) is 7.01. The van der Waals surface area contributed by atoms with Gasteiger partial charge in [0.15, 0.2) is 0 Å². The number of aryl methyl sites for hydroxylation is 1. The lowest BCUT2D eigenvalue weighted by atomic mass is 9.99. The Morgan fingerprint density at radius 1 is 0.886 bits per heavy atom. The van der Waals surface area contributed by atoms with E-state index >= 15 is 0 Å². The van der Waals surface area contributed by atoms with Crippen LogP contribution in [0, 0.1) is 0 Å². The molecule has 0 aliphatic rings. The average Bonchev–Trinajstić information content (AvgIpc) is 3.51. The van der Waals surface area contributed by atoms with E-state index in [1.54, 1.807) is 0 Å². The van der Waals surface area contributed by atoms with Crippen LogP contribution in [0.1, 0.15) is 23.1 Å². The third kappa shape index (κ3) is 4.41. The minimum absolute atomic E-state index is 0.748. The molecule has 0 bridgehead atoms. The van der Waals surface area contributed by atoms with Gasteiger partial charge in [0.25, 0.3) is 0 Å². The maximum Gasteiger partial charge on any atom is 0.228 e. The standard InChI is InChI=1S/C30H26N4O/c1-2-7-21(8-3-1)17-27-29(23-12-13-24-19-31-16-14-22(24)18-23)34-35-30(27)32-15-6-9-25-20-33-28-11-5-4-10-26(25)28/h1-5,7-8,10-14,16,18-20,32-33H,6,9,15,17H2. The molecular weight excluding hydrogens is 432 g/mol. The average molecular weight is 459 g/mol. The number of nitrogens with one attached hydrogen (secondary N) is 2. The molecule has 6 aromatic rings. The van der Waals surface area contributed by atoms with Gasteiger partial charge in [0.1, 0.15) is 5.69 Å². The lowest BCUT2D eigenvalue weighted by molar-refractivity contribution is 0.433. The van der Waals surface area contributed by atoms with E-state index in [1.807, 2.05) is 24.5 Å². The van der Waals surface area contributed by atoms with E-state index in [4.69, 9.17) is 4.52 Å². The summed E-state index contributed by atoms with van der Waals surface area (Å²) in [6, 6.07) is 27.3. The van der Waals surface area contributed by atoms with Crippen molar-refractivity contribution in [2.75, 3.05) is 11.9 Å². The minimum Gasteiger partial charge on any atom is -0.361 e. The monoisotopic (exact) mass is 458 g/mol. The number of rotatable bonds is 8. The highest BCUT2D eigenvalue weighted by Gasteiger charge is 2.18. The second-order valence-electron chi connectivity index (χ2n) is 8.83. The van der Waals surface area contributed by atoms with Gasteiger partial charge >= 0.3 is 0 Å². The molecule has 172 valence electrons. The highest BCUT2D eigenvalue weighted by molar-refractivity contribution is 5.87. The second-order valence-corrected chi connectivity index (χ2v) is 8.83. The summed E-state index contributed by atoms with van der Waals surface area (Å²) in [6.45, 7) is 0.805. The molecule has 2 N–H and O–H groups in total. The molecule has 0 unspecified atom stereocenters. The first-order valence-corrected chi connectivity index (χ1v) is 12.0. The van der Waals surface area contributed by atoms with Crippen LogP contribution in [0.25, 0.3) is 32.9 Å². The summed E-state index contributed by atoms with van der Waals surface area (Å²) in [5.41, 5.74) is 6.76. The van der Waals surface area contributed by atoms with Crippen LogP contribution in [0.4, 0.5) is 5.88 Å². The molecule has 0 atom stereocenters. The van der Waals surface area contributed by atoms with Gasteiger partial charge in [-0.2, -0.15) is 0 Å². The third-order valence-corrected chi connectivity index (χ3v) is 6.51. The molecule has 3 heterocycles. The van der Waals surface area contributed by atoms with E-state index in [9.17, 15) is 0 Å². The maximum atomic E-state index is 5.86. The minimum atomic E-state index is 0.748. The van der Waals surface area contributed by atoms with Crippen LogP contribution in [0.5, 0.6) is 0 Å². The zero-order chi connectivity index (χ0) is 23.5. The molecule has 0 fully saturated rings. The van der Waals surface area contributed by atoms with Crippen molar-refractivity contribution in [2.45, 2.75) is 19.3 Å².